The molecule has 1 atom stereocenters. The lowest BCUT2D eigenvalue weighted by Crippen LogP contribution is -2.35. The predicted octanol–water partition coefficient (Wildman–Crippen LogP) is 5.22. The van der Waals surface area contributed by atoms with Crippen LogP contribution in [-0.4, -0.2) is 47.4 Å². The van der Waals surface area contributed by atoms with E-state index in [0.717, 1.165) is 16.8 Å². The first-order valence-electron chi connectivity index (χ1n) is 9.66. The maximum atomic E-state index is 13.0. The largest absolute Gasteiger partial charge is 0.383 e. The van der Waals surface area contributed by atoms with Crippen LogP contribution in [0.2, 0.25) is 10.0 Å². The van der Waals surface area contributed by atoms with Crippen molar-refractivity contribution in [3.63, 3.8) is 0 Å². The van der Waals surface area contributed by atoms with Crippen LogP contribution in [0.25, 0.3) is 0 Å². The number of halogens is 2. The number of amidine groups is 1. The van der Waals surface area contributed by atoms with E-state index in [2.05, 4.69) is 11.4 Å². The molecule has 2 amide bonds. The fourth-order valence-corrected chi connectivity index (χ4v) is 4.74. The number of rotatable bonds is 7. The summed E-state index contributed by atoms with van der Waals surface area (Å²) in [5, 5.41) is 3.32. The molecule has 1 aliphatic rings. The van der Waals surface area contributed by atoms with Crippen molar-refractivity contribution in [2.45, 2.75) is 25.5 Å². The van der Waals surface area contributed by atoms with Crippen LogP contribution in [0.5, 0.6) is 0 Å². The van der Waals surface area contributed by atoms with E-state index in [-0.39, 0.29) is 23.3 Å². The summed E-state index contributed by atoms with van der Waals surface area (Å²) in [5.41, 5.74) is 3.36. The summed E-state index contributed by atoms with van der Waals surface area (Å²) in [6.45, 7) is 4.74. The molecule has 1 unspecified atom stereocenters. The van der Waals surface area contributed by atoms with Crippen molar-refractivity contribution in [1.29, 1.82) is 0 Å². The van der Waals surface area contributed by atoms with E-state index in [1.54, 1.807) is 30.2 Å². The summed E-state index contributed by atoms with van der Waals surface area (Å²) in [4.78, 5) is 31.9. The number of thioether (sulfide) groups is 1. The number of methoxy groups -OCH3 is 1. The number of carbonyl (C=O) groups is 2. The molecule has 0 aromatic heterocycles. The van der Waals surface area contributed by atoms with Gasteiger partial charge < -0.3 is 10.1 Å². The second-order valence-corrected chi connectivity index (χ2v) is 9.14. The quantitative estimate of drug-likeness (QED) is 0.590. The Bertz CT molecular complexity index is 1010. The molecule has 1 aliphatic heterocycles. The summed E-state index contributed by atoms with van der Waals surface area (Å²) in [6.07, 6.45) is -0.0122. The maximum Gasteiger partial charge on any atom is 0.242 e. The zero-order valence-corrected chi connectivity index (χ0v) is 19.8. The highest BCUT2D eigenvalue weighted by molar-refractivity contribution is 8.15. The Kier molecular flexibility index (Phi) is 8.00. The second kappa shape index (κ2) is 10.5. The van der Waals surface area contributed by atoms with Crippen LogP contribution in [0, 0.1) is 13.8 Å². The van der Waals surface area contributed by atoms with Crippen LogP contribution in [0.3, 0.4) is 0 Å². The van der Waals surface area contributed by atoms with Crippen molar-refractivity contribution in [2.24, 2.45) is 4.99 Å². The van der Waals surface area contributed by atoms with Gasteiger partial charge in [0.05, 0.1) is 34.6 Å². The molecule has 3 rings (SSSR count). The molecule has 31 heavy (non-hydrogen) atoms. The molecular weight excluding hydrogens is 457 g/mol. The minimum Gasteiger partial charge on any atom is -0.383 e. The summed E-state index contributed by atoms with van der Waals surface area (Å²) in [7, 11) is 1.58. The van der Waals surface area contributed by atoms with Gasteiger partial charge in [0, 0.05) is 13.5 Å². The number of nitrogens with one attached hydrogen (secondary N) is 1. The Morgan fingerprint density at radius 1 is 1.23 bits per heavy atom. The number of hydrogen-bond acceptors (Lipinski definition) is 5. The molecule has 2 aromatic carbocycles. The lowest BCUT2D eigenvalue weighted by molar-refractivity contribution is -0.128. The molecule has 0 spiro atoms. The number of nitrogens with zero attached hydrogens (tertiary/aromatic N) is 2. The van der Waals surface area contributed by atoms with E-state index in [1.807, 2.05) is 26.0 Å². The first-order chi connectivity index (χ1) is 14.8. The van der Waals surface area contributed by atoms with Gasteiger partial charge in [0.15, 0.2) is 5.17 Å². The van der Waals surface area contributed by atoms with Gasteiger partial charge in [-0.25, -0.2) is 4.99 Å². The summed E-state index contributed by atoms with van der Waals surface area (Å²) in [6, 6.07) is 11.0. The molecule has 0 radical (unpaired) electrons. The van der Waals surface area contributed by atoms with Gasteiger partial charge >= 0.3 is 0 Å². The fourth-order valence-electron chi connectivity index (χ4n) is 3.21. The zero-order valence-electron chi connectivity index (χ0n) is 17.4. The molecule has 0 saturated carbocycles. The van der Waals surface area contributed by atoms with Crippen molar-refractivity contribution >= 4 is 63.3 Å². The highest BCUT2D eigenvalue weighted by Gasteiger charge is 2.39. The third kappa shape index (κ3) is 6.01. The summed E-state index contributed by atoms with van der Waals surface area (Å²) >= 11 is 13.4. The third-order valence-corrected chi connectivity index (χ3v) is 6.56. The monoisotopic (exact) mass is 479 g/mol. The standard InChI is InChI=1S/C22H23Cl2N3O3S/c1-13-9-14(2)11-15(10-13)25-22-27(7-8-30-3)21(29)18(31-22)12-19(28)26-17-6-4-5-16(23)20(17)24/h4-6,9-11,18H,7-8,12H2,1-3H3,(H,26,28). The van der Waals surface area contributed by atoms with Gasteiger partial charge in [0.2, 0.25) is 11.8 Å². The maximum absolute atomic E-state index is 13.0. The lowest BCUT2D eigenvalue weighted by Gasteiger charge is -2.16. The van der Waals surface area contributed by atoms with Crippen LogP contribution >= 0.6 is 35.0 Å². The molecule has 9 heteroatoms. The van der Waals surface area contributed by atoms with E-state index in [4.69, 9.17) is 32.9 Å². The average molecular weight is 480 g/mol. The van der Waals surface area contributed by atoms with E-state index in [1.165, 1.54) is 11.8 Å². The number of aryl methyl sites for hydroxylation is 2. The van der Waals surface area contributed by atoms with Crippen LogP contribution < -0.4 is 5.32 Å². The lowest BCUT2D eigenvalue weighted by atomic mass is 10.1. The number of benzene rings is 2. The first-order valence-corrected chi connectivity index (χ1v) is 11.3. The molecule has 164 valence electrons. The molecule has 6 nitrogen and oxygen atoms in total. The smallest absolute Gasteiger partial charge is 0.242 e. The van der Waals surface area contributed by atoms with Gasteiger partial charge in [-0.2, -0.15) is 0 Å². The Labute approximate surface area is 196 Å². The SMILES string of the molecule is COCCN1C(=O)C(CC(=O)Nc2cccc(Cl)c2Cl)SC1=Nc1cc(C)cc(C)c1. The normalized spacial score (nSPS) is 17.5. The average Bonchev–Trinajstić information content (AvgIpc) is 2.97. The van der Waals surface area contributed by atoms with Crippen LogP contribution in [0.15, 0.2) is 41.4 Å². The zero-order chi connectivity index (χ0) is 22.5. The van der Waals surface area contributed by atoms with Crippen LogP contribution in [-0.2, 0) is 14.3 Å². The molecule has 1 saturated heterocycles. The van der Waals surface area contributed by atoms with Gasteiger partial charge in [0.1, 0.15) is 5.25 Å². The van der Waals surface area contributed by atoms with Gasteiger partial charge in [-0.3, -0.25) is 14.5 Å². The molecule has 0 bridgehead atoms. The Morgan fingerprint density at radius 3 is 2.61 bits per heavy atom. The van der Waals surface area contributed by atoms with E-state index < -0.39 is 5.25 Å². The van der Waals surface area contributed by atoms with E-state index in [0.29, 0.717) is 29.0 Å². The molecule has 1 N–H and O–H groups in total. The van der Waals surface area contributed by atoms with Crippen molar-refractivity contribution in [3.8, 4) is 0 Å². The van der Waals surface area contributed by atoms with E-state index in [9.17, 15) is 9.59 Å². The second-order valence-electron chi connectivity index (χ2n) is 7.18. The van der Waals surface area contributed by atoms with Crippen LogP contribution in [0.4, 0.5) is 11.4 Å². The number of anilines is 1. The molecule has 0 aliphatic carbocycles. The molecule has 1 heterocycles. The number of carbonyl (C=O) groups excluding carboxylic acids is 2. The summed E-state index contributed by atoms with van der Waals surface area (Å²) in [5.74, 6) is -0.494. The van der Waals surface area contributed by atoms with E-state index >= 15 is 0 Å². The van der Waals surface area contributed by atoms with Crippen molar-refractivity contribution in [2.75, 3.05) is 25.6 Å². The van der Waals surface area contributed by atoms with Crippen molar-refractivity contribution in [3.05, 3.63) is 57.6 Å². The molecule has 1 fully saturated rings. The van der Waals surface area contributed by atoms with Gasteiger partial charge in [-0.05, 0) is 49.2 Å². The Hall–Kier alpha value is -2.06. The highest BCUT2D eigenvalue weighted by Crippen LogP contribution is 2.33. The molecular formula is C22H23Cl2N3O3S. The topological polar surface area (TPSA) is 71.0 Å². The minimum absolute atomic E-state index is 0.0122. The minimum atomic E-state index is -0.584. The number of hydrogen-bond donors (Lipinski definition) is 1. The van der Waals surface area contributed by atoms with Crippen molar-refractivity contribution in [1.82, 2.24) is 4.90 Å². The first kappa shape index (κ1) is 23.6. The predicted molar refractivity (Wildman–Crippen MR) is 128 cm³/mol. The van der Waals surface area contributed by atoms with Gasteiger partial charge in [0.25, 0.3) is 0 Å². The van der Waals surface area contributed by atoms with Crippen molar-refractivity contribution < 1.29 is 14.3 Å². The fraction of sp³-hybridized carbons (Fsp3) is 0.318. The number of amides is 2. The number of aliphatic imine (C=N–C) groups is 1. The number of ether oxygens (including phenoxy) is 1. The van der Waals surface area contributed by atoms with Crippen LogP contribution in [0.1, 0.15) is 17.5 Å². The Morgan fingerprint density at radius 2 is 1.94 bits per heavy atom. The summed E-state index contributed by atoms with van der Waals surface area (Å²) < 4.78 is 5.14. The third-order valence-electron chi connectivity index (χ3n) is 4.57. The van der Waals surface area contributed by atoms with Gasteiger partial charge in [-0.1, -0.05) is 47.1 Å². The highest BCUT2D eigenvalue weighted by atomic mass is 35.5. The Balaban J connectivity index is 1.78. The molecule has 2 aromatic rings. The van der Waals surface area contributed by atoms with Gasteiger partial charge in [-0.15, -0.1) is 0 Å².